The van der Waals surface area contributed by atoms with Crippen LogP contribution in [0.2, 0.25) is 0 Å². The number of hydrogen-bond donors (Lipinski definition) is 0. The zero-order valence-electron chi connectivity index (χ0n) is 9.71. The maximum Gasteiger partial charge on any atom is 0.0378 e. The first kappa shape index (κ1) is 10.7. The summed E-state index contributed by atoms with van der Waals surface area (Å²) in [6, 6.07) is 0.634. The van der Waals surface area contributed by atoms with Crippen molar-refractivity contribution in [1.82, 2.24) is 4.90 Å². The second-order valence-electron chi connectivity index (χ2n) is 4.62. The van der Waals surface area contributed by atoms with Crippen LogP contribution in [0.1, 0.15) is 26.2 Å². The molecule has 2 aliphatic rings. The van der Waals surface area contributed by atoms with Crippen molar-refractivity contribution >= 4 is 0 Å². The molecule has 0 amide bonds. The number of rotatable bonds is 3. The van der Waals surface area contributed by atoms with E-state index in [0.29, 0.717) is 6.04 Å². The molecule has 2 rings (SSSR count). The van der Waals surface area contributed by atoms with Crippen molar-refractivity contribution in [2.45, 2.75) is 32.2 Å². The second kappa shape index (κ2) is 4.36. The highest BCUT2D eigenvalue weighted by Crippen LogP contribution is 2.42. The molecule has 2 fully saturated rings. The van der Waals surface area contributed by atoms with E-state index in [1.54, 1.807) is 0 Å². The summed E-state index contributed by atoms with van der Waals surface area (Å²) >= 11 is 0. The predicted octanol–water partition coefficient (Wildman–Crippen LogP) is 3.16. The zero-order valence-corrected chi connectivity index (χ0v) is 9.71. The van der Waals surface area contributed by atoms with Gasteiger partial charge in [-0.25, -0.2) is 0 Å². The number of likely N-dealkylation sites (tertiary alicyclic amines) is 1. The molecule has 0 radical (unpaired) electrons. The van der Waals surface area contributed by atoms with Crippen LogP contribution in [0.4, 0.5) is 0 Å². The second-order valence-corrected chi connectivity index (χ2v) is 4.62. The van der Waals surface area contributed by atoms with E-state index in [9.17, 15) is 0 Å². The van der Waals surface area contributed by atoms with E-state index in [0.717, 1.165) is 18.9 Å². The third-order valence-electron chi connectivity index (χ3n) is 3.59. The highest BCUT2D eigenvalue weighted by molar-refractivity contribution is 5.39. The molecule has 1 nitrogen and oxygen atoms in total. The van der Waals surface area contributed by atoms with Gasteiger partial charge in [-0.15, -0.1) is 0 Å². The fraction of sp³-hybridized carbons (Fsp3) is 0.571. The lowest BCUT2D eigenvalue weighted by Crippen LogP contribution is -2.43. The first-order chi connectivity index (χ1) is 7.27. The van der Waals surface area contributed by atoms with Crippen LogP contribution in [0.25, 0.3) is 0 Å². The third-order valence-corrected chi connectivity index (χ3v) is 3.59. The standard InChI is InChI=1S/C14H21N/c1-4-6-13-11(3)9-10-15(5-2)14(13)12-7-8-12/h4,6,12,14H,1,3,5,7-10H2,2H3/b13-6+. The summed E-state index contributed by atoms with van der Waals surface area (Å²) in [5.41, 5.74) is 2.78. The lowest BCUT2D eigenvalue weighted by molar-refractivity contribution is 0.200. The molecule has 1 saturated carbocycles. The minimum atomic E-state index is 0.634. The van der Waals surface area contributed by atoms with Gasteiger partial charge < -0.3 is 0 Å². The van der Waals surface area contributed by atoms with Crippen molar-refractivity contribution in [2.24, 2.45) is 5.92 Å². The Morgan fingerprint density at radius 2 is 2.20 bits per heavy atom. The maximum absolute atomic E-state index is 4.20. The summed E-state index contributed by atoms with van der Waals surface area (Å²) < 4.78 is 0. The van der Waals surface area contributed by atoms with Gasteiger partial charge in [0.25, 0.3) is 0 Å². The highest BCUT2D eigenvalue weighted by Gasteiger charge is 2.39. The predicted molar refractivity (Wildman–Crippen MR) is 65.8 cm³/mol. The topological polar surface area (TPSA) is 3.24 Å². The molecule has 0 spiro atoms. The van der Waals surface area contributed by atoms with Crippen LogP contribution in [0.15, 0.2) is 36.5 Å². The van der Waals surface area contributed by atoms with Gasteiger partial charge in [-0.3, -0.25) is 4.90 Å². The van der Waals surface area contributed by atoms with Crippen LogP contribution in [0.5, 0.6) is 0 Å². The summed E-state index contributed by atoms with van der Waals surface area (Å²) in [7, 11) is 0. The van der Waals surface area contributed by atoms with Gasteiger partial charge in [-0.2, -0.15) is 0 Å². The molecule has 1 aliphatic carbocycles. The molecular formula is C14H21N. The molecule has 1 heteroatoms. The molecule has 0 aromatic heterocycles. The third kappa shape index (κ3) is 2.07. The van der Waals surface area contributed by atoms with E-state index in [-0.39, 0.29) is 0 Å². The zero-order chi connectivity index (χ0) is 10.8. The first-order valence-electron chi connectivity index (χ1n) is 6.02. The quantitative estimate of drug-likeness (QED) is 0.681. The van der Waals surface area contributed by atoms with Crippen molar-refractivity contribution in [1.29, 1.82) is 0 Å². The summed E-state index contributed by atoms with van der Waals surface area (Å²) in [5, 5.41) is 0. The molecule has 0 bridgehead atoms. The molecule has 1 heterocycles. The normalized spacial score (nSPS) is 30.9. The molecule has 15 heavy (non-hydrogen) atoms. The lowest BCUT2D eigenvalue weighted by Gasteiger charge is -2.38. The van der Waals surface area contributed by atoms with Crippen molar-refractivity contribution in [3.63, 3.8) is 0 Å². The largest absolute Gasteiger partial charge is 0.296 e. The van der Waals surface area contributed by atoms with Crippen LogP contribution in [-0.4, -0.2) is 24.0 Å². The van der Waals surface area contributed by atoms with Crippen LogP contribution >= 0.6 is 0 Å². The van der Waals surface area contributed by atoms with Crippen molar-refractivity contribution in [2.75, 3.05) is 13.1 Å². The van der Waals surface area contributed by atoms with E-state index in [4.69, 9.17) is 0 Å². The summed E-state index contributed by atoms with van der Waals surface area (Å²) in [5.74, 6) is 0.883. The smallest absolute Gasteiger partial charge is 0.0378 e. The van der Waals surface area contributed by atoms with E-state index in [2.05, 4.69) is 31.1 Å². The van der Waals surface area contributed by atoms with Crippen LogP contribution in [0, 0.1) is 5.92 Å². The number of likely N-dealkylation sites (N-methyl/N-ethyl adjacent to an activating group) is 1. The molecular weight excluding hydrogens is 182 g/mol. The van der Waals surface area contributed by atoms with Gasteiger partial charge in [0.05, 0.1) is 0 Å². The van der Waals surface area contributed by atoms with Gasteiger partial charge in [0.15, 0.2) is 0 Å². The Labute approximate surface area is 93.2 Å². The number of nitrogens with zero attached hydrogens (tertiary/aromatic N) is 1. The Hall–Kier alpha value is -0.820. The number of piperidine rings is 1. The maximum atomic E-state index is 4.20. The SMILES string of the molecule is C=C/C=C1\C(=C)CCN(CC)C1C1CC1. The Morgan fingerprint density at radius 3 is 2.73 bits per heavy atom. The number of allylic oxidation sites excluding steroid dienone is 2. The average molecular weight is 203 g/mol. The van der Waals surface area contributed by atoms with Gasteiger partial charge in [-0.05, 0) is 42.9 Å². The first-order valence-corrected chi connectivity index (χ1v) is 6.02. The Morgan fingerprint density at radius 1 is 1.47 bits per heavy atom. The van der Waals surface area contributed by atoms with Crippen molar-refractivity contribution in [3.8, 4) is 0 Å². The highest BCUT2D eigenvalue weighted by atomic mass is 15.2. The Balaban J connectivity index is 2.24. The van der Waals surface area contributed by atoms with Crippen LogP contribution < -0.4 is 0 Å². The minimum absolute atomic E-state index is 0.634. The number of hydrogen-bond acceptors (Lipinski definition) is 1. The van der Waals surface area contributed by atoms with Gasteiger partial charge in [0, 0.05) is 12.6 Å². The fourth-order valence-electron chi connectivity index (χ4n) is 2.63. The van der Waals surface area contributed by atoms with E-state index < -0.39 is 0 Å². The summed E-state index contributed by atoms with van der Waals surface area (Å²) in [4.78, 5) is 2.60. The molecule has 1 aliphatic heterocycles. The molecule has 0 N–H and O–H groups in total. The monoisotopic (exact) mass is 203 g/mol. The minimum Gasteiger partial charge on any atom is -0.296 e. The lowest BCUT2D eigenvalue weighted by atomic mass is 9.88. The van der Waals surface area contributed by atoms with Crippen LogP contribution in [0.3, 0.4) is 0 Å². The van der Waals surface area contributed by atoms with Gasteiger partial charge >= 0.3 is 0 Å². The fourth-order valence-corrected chi connectivity index (χ4v) is 2.63. The summed E-state index contributed by atoms with van der Waals surface area (Å²) in [6.07, 6.45) is 7.99. The van der Waals surface area contributed by atoms with Crippen molar-refractivity contribution in [3.05, 3.63) is 36.5 Å². The molecule has 82 valence electrons. The molecule has 0 aromatic rings. The molecule has 1 atom stereocenters. The van der Waals surface area contributed by atoms with Gasteiger partial charge in [-0.1, -0.05) is 32.2 Å². The molecule has 0 aromatic carbocycles. The van der Waals surface area contributed by atoms with E-state index in [1.807, 2.05) is 6.08 Å². The van der Waals surface area contributed by atoms with E-state index >= 15 is 0 Å². The average Bonchev–Trinajstić information content (AvgIpc) is 3.04. The Bertz CT molecular complexity index is 296. The van der Waals surface area contributed by atoms with Crippen LogP contribution in [-0.2, 0) is 0 Å². The van der Waals surface area contributed by atoms with Gasteiger partial charge in [0.2, 0.25) is 0 Å². The van der Waals surface area contributed by atoms with E-state index in [1.165, 1.54) is 30.5 Å². The van der Waals surface area contributed by atoms with Gasteiger partial charge in [0.1, 0.15) is 0 Å². The van der Waals surface area contributed by atoms with Crippen molar-refractivity contribution < 1.29 is 0 Å². The summed E-state index contributed by atoms with van der Waals surface area (Å²) in [6.45, 7) is 12.6. The molecule has 1 saturated heterocycles. The Kier molecular flexibility index (Phi) is 3.11. The molecule has 1 unspecified atom stereocenters.